The van der Waals surface area contributed by atoms with Crippen LogP contribution in [0, 0.1) is 5.41 Å². The van der Waals surface area contributed by atoms with Crippen molar-refractivity contribution in [1.82, 2.24) is 0 Å². The fraction of sp³-hybridized carbons (Fsp3) is 0.619. The van der Waals surface area contributed by atoms with Crippen LogP contribution in [0.4, 0.5) is 0 Å². The quantitative estimate of drug-likeness (QED) is 0.469. The molecule has 0 saturated heterocycles. The molecule has 1 unspecified atom stereocenters. The Labute approximate surface area is 143 Å². The highest BCUT2D eigenvalue weighted by atomic mass is 14.8. The summed E-state index contributed by atoms with van der Waals surface area (Å²) in [5, 5.41) is 0. The van der Waals surface area contributed by atoms with E-state index in [9.17, 15) is 0 Å². The third kappa shape index (κ3) is 6.68. The predicted molar refractivity (Wildman–Crippen MR) is 105 cm³/mol. The van der Waals surface area contributed by atoms with Crippen molar-refractivity contribution in [3.05, 3.63) is 35.1 Å². The van der Waals surface area contributed by atoms with Crippen LogP contribution in [0.3, 0.4) is 0 Å². The van der Waals surface area contributed by atoms with Crippen molar-refractivity contribution in [2.24, 2.45) is 15.4 Å². The SMILES string of the molecule is C\C=C/C(=N\C(C)=C\C)C(/C=N\C(C)CC)=C(\C)CC1(C)CC1. The first-order valence-corrected chi connectivity index (χ1v) is 8.92. The van der Waals surface area contributed by atoms with E-state index in [2.05, 4.69) is 46.1 Å². The van der Waals surface area contributed by atoms with E-state index >= 15 is 0 Å². The van der Waals surface area contributed by atoms with E-state index in [4.69, 9.17) is 9.98 Å². The van der Waals surface area contributed by atoms with E-state index in [0.29, 0.717) is 11.5 Å². The summed E-state index contributed by atoms with van der Waals surface area (Å²) in [5.74, 6) is 0. The third-order valence-corrected chi connectivity index (χ3v) is 4.62. The van der Waals surface area contributed by atoms with E-state index in [0.717, 1.165) is 24.3 Å². The summed E-state index contributed by atoms with van der Waals surface area (Å²) in [4.78, 5) is 9.54. The molecule has 2 heteroatoms. The molecule has 1 aliphatic rings. The Morgan fingerprint density at radius 3 is 2.35 bits per heavy atom. The fourth-order valence-corrected chi connectivity index (χ4v) is 2.43. The Bertz CT molecular complexity index is 540. The van der Waals surface area contributed by atoms with Gasteiger partial charge < -0.3 is 0 Å². The van der Waals surface area contributed by atoms with Gasteiger partial charge in [-0.05, 0) is 71.8 Å². The van der Waals surface area contributed by atoms with Gasteiger partial charge in [0.2, 0.25) is 0 Å². The zero-order chi connectivity index (χ0) is 17.5. The summed E-state index contributed by atoms with van der Waals surface area (Å²) in [6, 6.07) is 0.351. The van der Waals surface area contributed by atoms with Crippen molar-refractivity contribution < 1.29 is 0 Å². The van der Waals surface area contributed by atoms with Gasteiger partial charge in [-0.1, -0.05) is 31.6 Å². The van der Waals surface area contributed by atoms with Gasteiger partial charge in [0.15, 0.2) is 0 Å². The lowest BCUT2D eigenvalue weighted by Gasteiger charge is -2.14. The molecule has 0 N–H and O–H groups in total. The molecule has 1 saturated carbocycles. The molecule has 0 aromatic carbocycles. The smallest absolute Gasteiger partial charge is 0.0716 e. The van der Waals surface area contributed by atoms with Gasteiger partial charge in [0.05, 0.1) is 5.71 Å². The molecule has 1 aliphatic carbocycles. The summed E-state index contributed by atoms with van der Waals surface area (Å²) in [5.41, 5.74) is 5.15. The highest BCUT2D eigenvalue weighted by Gasteiger charge is 2.37. The van der Waals surface area contributed by atoms with Gasteiger partial charge >= 0.3 is 0 Å². The maximum absolute atomic E-state index is 4.80. The monoisotopic (exact) mass is 314 g/mol. The van der Waals surface area contributed by atoms with Crippen molar-refractivity contribution in [3.8, 4) is 0 Å². The molecule has 128 valence electrons. The van der Waals surface area contributed by atoms with Crippen LogP contribution in [0.15, 0.2) is 45.1 Å². The predicted octanol–water partition coefficient (Wildman–Crippen LogP) is 6.30. The second kappa shape index (κ2) is 9.00. The number of rotatable bonds is 8. The molecule has 0 spiro atoms. The minimum Gasteiger partial charge on any atom is -0.289 e. The van der Waals surface area contributed by atoms with Crippen LogP contribution >= 0.6 is 0 Å². The summed E-state index contributed by atoms with van der Waals surface area (Å²) < 4.78 is 0. The molecule has 2 nitrogen and oxygen atoms in total. The van der Waals surface area contributed by atoms with E-state index in [1.807, 2.05) is 26.8 Å². The summed E-state index contributed by atoms with van der Waals surface area (Å²) in [7, 11) is 0. The minimum absolute atomic E-state index is 0.351. The first-order chi connectivity index (χ1) is 10.8. The van der Waals surface area contributed by atoms with Gasteiger partial charge in [0, 0.05) is 23.5 Å². The lowest BCUT2D eigenvalue weighted by Crippen LogP contribution is -2.09. The Morgan fingerprint density at radius 1 is 1.22 bits per heavy atom. The molecule has 0 bridgehead atoms. The molecule has 0 aromatic heterocycles. The van der Waals surface area contributed by atoms with Crippen molar-refractivity contribution >= 4 is 11.9 Å². The van der Waals surface area contributed by atoms with Gasteiger partial charge in [-0.15, -0.1) is 0 Å². The van der Waals surface area contributed by atoms with E-state index < -0.39 is 0 Å². The molecule has 1 rings (SSSR count). The molecule has 0 amide bonds. The Balaban J connectivity index is 3.26. The lowest BCUT2D eigenvalue weighted by molar-refractivity contribution is 0.566. The summed E-state index contributed by atoms with van der Waals surface area (Å²) >= 11 is 0. The standard InChI is InChI=1S/C21H34N2/c1-8-11-20(23-18(6)10-3)19(15-22-17(5)9-2)16(4)14-21(7)12-13-21/h8,10-11,15,17H,9,12-14H2,1-7H3/b11-8-,18-10+,19-16+,22-15-,23-20+. The zero-order valence-electron chi connectivity index (χ0n) is 16.1. The normalized spacial score (nSPS) is 21.0. The Kier molecular flexibility index (Phi) is 7.67. The van der Waals surface area contributed by atoms with Gasteiger partial charge in [0.1, 0.15) is 0 Å². The highest BCUT2D eigenvalue weighted by molar-refractivity contribution is 6.22. The third-order valence-electron chi connectivity index (χ3n) is 4.62. The van der Waals surface area contributed by atoms with Crippen LogP contribution < -0.4 is 0 Å². The number of nitrogens with zero attached hydrogens (tertiary/aromatic N) is 2. The van der Waals surface area contributed by atoms with Crippen LogP contribution in [0.25, 0.3) is 0 Å². The number of hydrogen-bond acceptors (Lipinski definition) is 2. The molecule has 0 aromatic rings. The molecule has 1 atom stereocenters. The number of aliphatic imine (C=N–C) groups is 2. The molecule has 23 heavy (non-hydrogen) atoms. The fourth-order valence-electron chi connectivity index (χ4n) is 2.43. The van der Waals surface area contributed by atoms with Crippen molar-refractivity contribution in [1.29, 1.82) is 0 Å². The van der Waals surface area contributed by atoms with E-state index in [1.54, 1.807) is 0 Å². The lowest BCUT2D eigenvalue weighted by atomic mass is 9.94. The zero-order valence-corrected chi connectivity index (χ0v) is 16.1. The second-order valence-corrected chi connectivity index (χ2v) is 7.14. The van der Waals surface area contributed by atoms with Gasteiger partial charge in [-0.2, -0.15) is 0 Å². The maximum atomic E-state index is 4.80. The summed E-state index contributed by atoms with van der Waals surface area (Å²) in [6.07, 6.45) is 13.1. The average molecular weight is 315 g/mol. The minimum atomic E-state index is 0.351. The van der Waals surface area contributed by atoms with Crippen molar-refractivity contribution in [2.75, 3.05) is 0 Å². The first-order valence-electron chi connectivity index (χ1n) is 8.92. The van der Waals surface area contributed by atoms with Crippen LogP contribution in [-0.4, -0.2) is 18.0 Å². The first kappa shape index (κ1) is 19.6. The van der Waals surface area contributed by atoms with Gasteiger partial charge in [0.25, 0.3) is 0 Å². The second-order valence-electron chi connectivity index (χ2n) is 7.14. The Hall–Kier alpha value is -1.44. The summed E-state index contributed by atoms with van der Waals surface area (Å²) in [6.45, 7) is 15.1. The van der Waals surface area contributed by atoms with Crippen LogP contribution in [0.5, 0.6) is 0 Å². The largest absolute Gasteiger partial charge is 0.289 e. The Morgan fingerprint density at radius 2 is 1.87 bits per heavy atom. The topological polar surface area (TPSA) is 24.7 Å². The average Bonchev–Trinajstić information content (AvgIpc) is 3.23. The molecule has 1 fully saturated rings. The number of allylic oxidation sites excluding steroid dienone is 6. The van der Waals surface area contributed by atoms with Crippen LogP contribution in [0.1, 0.15) is 74.1 Å². The molecular weight excluding hydrogens is 280 g/mol. The van der Waals surface area contributed by atoms with Crippen molar-refractivity contribution in [2.45, 2.75) is 80.2 Å². The molecule has 0 heterocycles. The highest BCUT2D eigenvalue weighted by Crippen LogP contribution is 2.50. The molecule has 0 radical (unpaired) electrons. The number of hydrogen-bond donors (Lipinski definition) is 0. The van der Waals surface area contributed by atoms with Gasteiger partial charge in [-0.3, -0.25) is 9.98 Å². The van der Waals surface area contributed by atoms with E-state index in [1.165, 1.54) is 24.0 Å². The van der Waals surface area contributed by atoms with Crippen LogP contribution in [-0.2, 0) is 0 Å². The molecule has 0 aliphatic heterocycles. The van der Waals surface area contributed by atoms with Crippen molar-refractivity contribution in [3.63, 3.8) is 0 Å². The molecular formula is C21H34N2. The maximum Gasteiger partial charge on any atom is 0.0716 e. The van der Waals surface area contributed by atoms with Crippen LogP contribution in [0.2, 0.25) is 0 Å². The van der Waals surface area contributed by atoms with Gasteiger partial charge in [-0.25, -0.2) is 0 Å². The van der Waals surface area contributed by atoms with E-state index in [-0.39, 0.29) is 0 Å².